The molecule has 144 valence electrons. The second-order valence-electron chi connectivity index (χ2n) is 4.95. The van der Waals surface area contributed by atoms with E-state index in [9.17, 15) is 9.36 Å². The third kappa shape index (κ3) is 5.88. The van der Waals surface area contributed by atoms with E-state index in [4.69, 9.17) is 23.3 Å². The van der Waals surface area contributed by atoms with Crippen molar-refractivity contribution in [1.29, 1.82) is 0 Å². The van der Waals surface area contributed by atoms with Crippen molar-refractivity contribution in [2.24, 2.45) is 0 Å². The van der Waals surface area contributed by atoms with Gasteiger partial charge in [-0.05, 0) is 32.2 Å². The lowest BCUT2D eigenvalue weighted by atomic mass is 10.1. The lowest BCUT2D eigenvalue weighted by molar-refractivity contribution is -0.107. The summed E-state index contributed by atoms with van der Waals surface area (Å²) in [6.07, 6.45) is -0.395. The molecule has 0 aliphatic carbocycles. The maximum absolute atomic E-state index is 13.4. The van der Waals surface area contributed by atoms with Gasteiger partial charge in [0.2, 0.25) is 0 Å². The summed E-state index contributed by atoms with van der Waals surface area (Å²) in [5, 5.41) is 1.76. The molecule has 1 aromatic rings. The predicted octanol–water partition coefficient (Wildman–Crippen LogP) is 4.24. The van der Waals surface area contributed by atoms with Gasteiger partial charge in [0.15, 0.2) is 6.29 Å². The largest absolute Gasteiger partial charge is 0.462 e. The average molecular weight is 394 g/mol. The molecule has 7 nitrogen and oxygen atoms in total. The molecule has 0 spiro atoms. The number of carbonyl (C=O) groups is 1. The molecule has 0 fully saturated rings. The Morgan fingerprint density at radius 2 is 1.72 bits per heavy atom. The monoisotopic (exact) mass is 394 g/mol. The van der Waals surface area contributed by atoms with Crippen LogP contribution in [0.1, 0.15) is 48.1 Å². The molecule has 0 aliphatic heterocycles. The van der Waals surface area contributed by atoms with E-state index in [1.165, 1.54) is 25.6 Å². The van der Waals surface area contributed by atoms with E-state index in [-0.39, 0.29) is 26.2 Å². The van der Waals surface area contributed by atoms with Crippen molar-refractivity contribution in [1.82, 2.24) is 0 Å². The first-order valence-corrected chi connectivity index (χ1v) is 10.6. The van der Waals surface area contributed by atoms with Crippen LogP contribution in [0, 0.1) is 0 Å². The van der Waals surface area contributed by atoms with Gasteiger partial charge in [-0.15, -0.1) is 11.3 Å². The molecule has 0 bridgehead atoms. The highest BCUT2D eigenvalue weighted by Crippen LogP contribution is 2.64. The van der Waals surface area contributed by atoms with Crippen LogP contribution in [0.25, 0.3) is 0 Å². The number of rotatable bonds is 12. The van der Waals surface area contributed by atoms with E-state index < -0.39 is 25.5 Å². The molecule has 0 aliphatic rings. The highest BCUT2D eigenvalue weighted by atomic mass is 32.1. The number of esters is 1. The van der Waals surface area contributed by atoms with Crippen LogP contribution >= 0.6 is 18.9 Å². The minimum absolute atomic E-state index is 0.219. The second-order valence-corrected chi connectivity index (χ2v) is 8.11. The van der Waals surface area contributed by atoms with Gasteiger partial charge in [0.25, 0.3) is 0 Å². The van der Waals surface area contributed by atoms with Crippen molar-refractivity contribution in [2.45, 2.75) is 39.1 Å². The topological polar surface area (TPSA) is 80.3 Å². The highest BCUT2D eigenvalue weighted by molar-refractivity contribution is 7.54. The van der Waals surface area contributed by atoms with Crippen LogP contribution in [0.2, 0.25) is 0 Å². The van der Waals surface area contributed by atoms with Gasteiger partial charge in [-0.3, -0.25) is 4.57 Å². The first kappa shape index (κ1) is 22.3. The predicted molar refractivity (Wildman–Crippen MR) is 96.3 cm³/mol. The smallest absolute Gasteiger partial charge is 0.339 e. The fraction of sp³-hybridized carbons (Fsp3) is 0.688. The van der Waals surface area contributed by atoms with E-state index >= 15 is 0 Å². The summed E-state index contributed by atoms with van der Waals surface area (Å²) in [5.74, 6) is -0.463. The Morgan fingerprint density at radius 3 is 2.20 bits per heavy atom. The molecule has 0 saturated heterocycles. The Labute approximate surface area is 153 Å². The Kier molecular flexibility index (Phi) is 9.86. The van der Waals surface area contributed by atoms with Gasteiger partial charge < -0.3 is 23.3 Å². The van der Waals surface area contributed by atoms with E-state index in [1.807, 2.05) is 0 Å². The lowest BCUT2D eigenvalue weighted by Crippen LogP contribution is -2.20. The summed E-state index contributed by atoms with van der Waals surface area (Å²) < 4.78 is 40.1. The zero-order chi connectivity index (χ0) is 18.9. The molecule has 1 rings (SSSR count). The molecule has 9 heteroatoms. The van der Waals surface area contributed by atoms with E-state index in [2.05, 4.69) is 0 Å². The van der Waals surface area contributed by atoms with Gasteiger partial charge in [0.05, 0.1) is 25.4 Å². The Morgan fingerprint density at radius 1 is 1.12 bits per heavy atom. The van der Waals surface area contributed by atoms with Crippen molar-refractivity contribution < 1.29 is 32.6 Å². The molecule has 25 heavy (non-hydrogen) atoms. The summed E-state index contributed by atoms with van der Waals surface area (Å²) in [4.78, 5) is 12.8. The molecule has 0 amide bonds. The molecule has 1 atom stereocenters. The summed E-state index contributed by atoms with van der Waals surface area (Å²) in [7, 11) is -0.545. The minimum atomic E-state index is -3.54. The maximum atomic E-state index is 13.4. The minimum Gasteiger partial charge on any atom is -0.462 e. The van der Waals surface area contributed by atoms with E-state index in [1.54, 1.807) is 32.2 Å². The van der Waals surface area contributed by atoms with Crippen LogP contribution < -0.4 is 0 Å². The fourth-order valence-electron chi connectivity index (χ4n) is 2.38. The zero-order valence-electron chi connectivity index (χ0n) is 15.4. The Bertz CT molecular complexity index is 561. The average Bonchev–Trinajstić information content (AvgIpc) is 3.05. The molecule has 0 aromatic carbocycles. The number of ether oxygens (including phenoxy) is 3. The standard InChI is InChI=1S/C16H27O7PS/c1-6-21-16(17)12-9-10-25-15(12)13(11-14(19-4)20-5)24(18,22-7-2)23-8-3/h9-10,13-14H,6-8,11H2,1-5H3. The molecule has 0 saturated carbocycles. The van der Waals surface area contributed by atoms with Crippen molar-refractivity contribution in [2.75, 3.05) is 34.0 Å². The normalized spacial score (nSPS) is 13.2. The number of methoxy groups -OCH3 is 2. The van der Waals surface area contributed by atoms with Gasteiger partial charge in [-0.1, -0.05) is 0 Å². The quantitative estimate of drug-likeness (QED) is 0.298. The summed E-state index contributed by atoms with van der Waals surface area (Å²) in [5.41, 5.74) is -0.334. The van der Waals surface area contributed by atoms with Crippen LogP contribution in [-0.2, 0) is 27.8 Å². The maximum Gasteiger partial charge on any atom is 0.339 e. The third-order valence-corrected chi connectivity index (χ3v) is 7.11. The van der Waals surface area contributed by atoms with Crippen LogP contribution in [-0.4, -0.2) is 46.3 Å². The molecule has 0 N–H and O–H groups in total. The van der Waals surface area contributed by atoms with Crippen molar-refractivity contribution >= 4 is 24.9 Å². The summed E-state index contributed by atoms with van der Waals surface area (Å²) in [6.45, 7) is 5.92. The van der Waals surface area contributed by atoms with Gasteiger partial charge in [-0.2, -0.15) is 0 Å². The number of carbonyl (C=O) groups excluding carboxylic acids is 1. The number of hydrogen-bond donors (Lipinski definition) is 0. The second kappa shape index (κ2) is 11.1. The first-order chi connectivity index (χ1) is 12.0. The molecular weight excluding hydrogens is 367 g/mol. The SMILES string of the molecule is CCOC(=O)c1ccsc1C(CC(OC)OC)P(=O)(OCC)OCC. The molecule has 1 unspecified atom stereocenters. The van der Waals surface area contributed by atoms with Crippen LogP contribution in [0.4, 0.5) is 0 Å². The first-order valence-electron chi connectivity index (χ1n) is 8.16. The molecule has 1 aromatic heterocycles. The zero-order valence-corrected chi connectivity index (χ0v) is 17.1. The van der Waals surface area contributed by atoms with Crippen molar-refractivity contribution in [3.63, 3.8) is 0 Å². The summed E-state index contributed by atoms with van der Waals surface area (Å²) >= 11 is 1.31. The number of thiophene rings is 1. The van der Waals surface area contributed by atoms with Gasteiger partial charge >= 0.3 is 13.6 Å². The van der Waals surface area contributed by atoms with Crippen molar-refractivity contribution in [3.8, 4) is 0 Å². The molecular formula is C16H27O7PS. The number of hydrogen-bond acceptors (Lipinski definition) is 8. The molecule has 0 radical (unpaired) electrons. The lowest BCUT2D eigenvalue weighted by Gasteiger charge is -2.28. The Balaban J connectivity index is 3.34. The summed E-state index contributed by atoms with van der Waals surface area (Å²) in [6, 6.07) is 1.65. The fourth-order valence-corrected chi connectivity index (χ4v) is 5.85. The van der Waals surface area contributed by atoms with Crippen LogP contribution in [0.3, 0.4) is 0 Å². The molecule has 1 heterocycles. The van der Waals surface area contributed by atoms with Crippen molar-refractivity contribution in [3.05, 3.63) is 21.9 Å². The van der Waals surface area contributed by atoms with Crippen LogP contribution in [0.15, 0.2) is 11.4 Å². The van der Waals surface area contributed by atoms with Gasteiger partial charge in [0, 0.05) is 25.5 Å². The van der Waals surface area contributed by atoms with E-state index in [0.29, 0.717) is 10.4 Å². The van der Waals surface area contributed by atoms with Crippen LogP contribution in [0.5, 0.6) is 0 Å². The van der Waals surface area contributed by atoms with E-state index in [0.717, 1.165) is 0 Å². The third-order valence-electron chi connectivity index (χ3n) is 3.43. The Hall–Kier alpha value is -0.760. The highest BCUT2D eigenvalue weighted by Gasteiger charge is 2.41. The van der Waals surface area contributed by atoms with Gasteiger partial charge in [-0.25, -0.2) is 4.79 Å². The van der Waals surface area contributed by atoms with Gasteiger partial charge in [0.1, 0.15) is 5.66 Å².